The van der Waals surface area contributed by atoms with Crippen LogP contribution in [0.15, 0.2) is 83.8 Å². The third-order valence-corrected chi connectivity index (χ3v) is 6.58. The average molecular weight is 415 g/mol. The van der Waals surface area contributed by atoms with Gasteiger partial charge in [-0.1, -0.05) is 48.5 Å². The van der Waals surface area contributed by atoms with Crippen molar-refractivity contribution in [2.24, 2.45) is 0 Å². The fourth-order valence-electron chi connectivity index (χ4n) is 4.09. The van der Waals surface area contributed by atoms with Gasteiger partial charge in [-0.2, -0.15) is 0 Å². The number of esters is 1. The number of benzene rings is 3. The van der Waals surface area contributed by atoms with Gasteiger partial charge in [-0.3, -0.25) is 8.87 Å². The van der Waals surface area contributed by atoms with Gasteiger partial charge in [0.1, 0.15) is 0 Å². The summed E-state index contributed by atoms with van der Waals surface area (Å²) >= 11 is 1.73. The first-order valence-corrected chi connectivity index (χ1v) is 10.7. The zero-order valence-corrected chi connectivity index (χ0v) is 17.6. The standard InChI is InChI=1S/C25H22N2O2S/c1-29-25(28)19-12-13-23-21(14-19)22-16-26(15-18-8-4-2-5-9-18)17-24(22)27(23)30-20-10-6-3-7-11-20/h2-14H,15-17H2,1H3. The Bertz CT molecular complexity index is 1200. The number of fused-ring (bicyclic) bond motifs is 3. The quantitative estimate of drug-likeness (QED) is 0.404. The molecule has 1 aliphatic heterocycles. The highest BCUT2D eigenvalue weighted by Gasteiger charge is 2.28. The third kappa shape index (κ3) is 3.51. The Morgan fingerprint density at radius 1 is 0.967 bits per heavy atom. The highest BCUT2D eigenvalue weighted by molar-refractivity contribution is 7.98. The Morgan fingerprint density at radius 2 is 1.70 bits per heavy atom. The SMILES string of the molecule is COC(=O)c1ccc2c(c1)c1c(n2Sc2ccccc2)CN(Cc2ccccc2)C1. The van der Waals surface area contributed by atoms with E-state index in [0.29, 0.717) is 5.56 Å². The molecule has 0 amide bonds. The molecular weight excluding hydrogens is 392 g/mol. The summed E-state index contributed by atoms with van der Waals surface area (Å²) in [6.45, 7) is 2.66. The van der Waals surface area contributed by atoms with Crippen LogP contribution in [0, 0.1) is 0 Å². The lowest BCUT2D eigenvalue weighted by atomic mass is 10.1. The van der Waals surface area contributed by atoms with Crippen molar-refractivity contribution in [3.8, 4) is 0 Å². The topological polar surface area (TPSA) is 34.5 Å². The van der Waals surface area contributed by atoms with Crippen LogP contribution in [0.25, 0.3) is 10.9 Å². The molecule has 0 fully saturated rings. The van der Waals surface area contributed by atoms with Crippen molar-refractivity contribution < 1.29 is 9.53 Å². The van der Waals surface area contributed by atoms with Crippen LogP contribution in [-0.4, -0.2) is 22.0 Å². The van der Waals surface area contributed by atoms with E-state index in [4.69, 9.17) is 4.74 Å². The van der Waals surface area contributed by atoms with Crippen molar-refractivity contribution in [1.82, 2.24) is 8.87 Å². The van der Waals surface area contributed by atoms with Crippen molar-refractivity contribution in [3.63, 3.8) is 0 Å². The number of rotatable bonds is 5. The molecule has 150 valence electrons. The number of hydrogen-bond acceptors (Lipinski definition) is 4. The maximum absolute atomic E-state index is 12.1. The Hall–Kier alpha value is -3.02. The van der Waals surface area contributed by atoms with Crippen LogP contribution in [0.3, 0.4) is 0 Å². The van der Waals surface area contributed by atoms with Gasteiger partial charge in [0.2, 0.25) is 0 Å². The van der Waals surface area contributed by atoms with Gasteiger partial charge in [-0.25, -0.2) is 4.79 Å². The third-order valence-electron chi connectivity index (χ3n) is 5.50. The number of carbonyl (C=O) groups excluding carboxylic acids is 1. The van der Waals surface area contributed by atoms with Crippen molar-refractivity contribution >= 4 is 28.8 Å². The fraction of sp³-hybridized carbons (Fsp3) is 0.160. The maximum Gasteiger partial charge on any atom is 0.337 e. The molecule has 5 rings (SSSR count). The molecule has 5 heteroatoms. The Morgan fingerprint density at radius 3 is 2.43 bits per heavy atom. The summed E-state index contributed by atoms with van der Waals surface area (Å²) in [5.74, 6) is -0.298. The molecule has 0 atom stereocenters. The first-order chi connectivity index (χ1) is 14.7. The van der Waals surface area contributed by atoms with E-state index in [2.05, 4.69) is 63.5 Å². The Labute approximate surface area is 180 Å². The molecule has 0 saturated heterocycles. The van der Waals surface area contributed by atoms with Crippen LogP contribution in [0.2, 0.25) is 0 Å². The second kappa shape index (κ2) is 8.01. The lowest BCUT2D eigenvalue weighted by Crippen LogP contribution is -2.16. The van der Waals surface area contributed by atoms with Crippen molar-refractivity contribution in [2.45, 2.75) is 24.5 Å². The minimum Gasteiger partial charge on any atom is -0.465 e. The normalized spacial score (nSPS) is 13.5. The van der Waals surface area contributed by atoms with Crippen LogP contribution in [0.1, 0.15) is 27.2 Å². The smallest absolute Gasteiger partial charge is 0.337 e. The van der Waals surface area contributed by atoms with Crippen LogP contribution in [0.4, 0.5) is 0 Å². The second-order valence-electron chi connectivity index (χ2n) is 7.48. The van der Waals surface area contributed by atoms with Crippen LogP contribution < -0.4 is 0 Å². The summed E-state index contributed by atoms with van der Waals surface area (Å²) in [4.78, 5) is 15.8. The average Bonchev–Trinajstić information content (AvgIpc) is 3.32. The molecule has 4 aromatic rings. The molecule has 0 spiro atoms. The van der Waals surface area contributed by atoms with E-state index in [0.717, 1.165) is 30.5 Å². The second-order valence-corrected chi connectivity index (χ2v) is 8.50. The maximum atomic E-state index is 12.1. The molecule has 1 aromatic heterocycles. The van der Waals surface area contributed by atoms with Gasteiger partial charge < -0.3 is 4.74 Å². The van der Waals surface area contributed by atoms with Crippen LogP contribution in [-0.2, 0) is 24.4 Å². The van der Waals surface area contributed by atoms with E-state index in [9.17, 15) is 4.79 Å². The molecule has 0 bridgehead atoms. The first-order valence-electron chi connectivity index (χ1n) is 9.97. The number of hydrogen-bond donors (Lipinski definition) is 0. The summed E-state index contributed by atoms with van der Waals surface area (Å²) in [6.07, 6.45) is 0. The molecule has 3 aromatic carbocycles. The van der Waals surface area contributed by atoms with Gasteiger partial charge in [0, 0.05) is 35.6 Å². The molecular formula is C25H22N2O2S. The zero-order chi connectivity index (χ0) is 20.5. The molecule has 1 aliphatic rings. The number of ether oxygens (including phenoxy) is 1. The molecule has 0 unspecified atom stereocenters. The predicted molar refractivity (Wildman–Crippen MR) is 120 cm³/mol. The van der Waals surface area contributed by atoms with Crippen molar-refractivity contribution in [1.29, 1.82) is 0 Å². The van der Waals surface area contributed by atoms with E-state index in [1.807, 2.05) is 24.3 Å². The van der Waals surface area contributed by atoms with Crippen LogP contribution >= 0.6 is 11.9 Å². The Balaban J connectivity index is 1.56. The zero-order valence-electron chi connectivity index (χ0n) is 16.7. The van der Waals surface area contributed by atoms with E-state index in [-0.39, 0.29) is 5.97 Å². The fourth-order valence-corrected chi connectivity index (χ4v) is 5.12. The largest absolute Gasteiger partial charge is 0.465 e. The van der Waals surface area contributed by atoms with Crippen molar-refractivity contribution in [3.05, 3.63) is 101 Å². The molecule has 4 nitrogen and oxygen atoms in total. The number of methoxy groups -OCH3 is 1. The summed E-state index contributed by atoms with van der Waals surface area (Å²) in [5, 5.41) is 1.13. The lowest BCUT2D eigenvalue weighted by Gasteiger charge is -2.17. The molecule has 0 radical (unpaired) electrons. The molecule has 0 aliphatic carbocycles. The van der Waals surface area contributed by atoms with E-state index < -0.39 is 0 Å². The molecule has 0 N–H and O–H groups in total. The van der Waals surface area contributed by atoms with E-state index >= 15 is 0 Å². The lowest BCUT2D eigenvalue weighted by molar-refractivity contribution is 0.0601. The number of nitrogens with zero attached hydrogens (tertiary/aromatic N) is 2. The number of aromatic nitrogens is 1. The summed E-state index contributed by atoms with van der Waals surface area (Å²) in [7, 11) is 1.43. The Kier molecular flexibility index (Phi) is 5.07. The van der Waals surface area contributed by atoms with E-state index in [1.54, 1.807) is 11.9 Å². The highest BCUT2D eigenvalue weighted by atomic mass is 32.2. The van der Waals surface area contributed by atoms with Gasteiger partial charge in [0.15, 0.2) is 0 Å². The molecule has 0 saturated carbocycles. The summed E-state index contributed by atoms with van der Waals surface area (Å²) in [6, 6.07) is 26.8. The first kappa shape index (κ1) is 19.0. The molecule has 30 heavy (non-hydrogen) atoms. The van der Waals surface area contributed by atoms with Gasteiger partial charge >= 0.3 is 5.97 Å². The highest BCUT2D eigenvalue weighted by Crippen LogP contribution is 2.39. The van der Waals surface area contributed by atoms with Gasteiger partial charge in [-0.05, 0) is 53.4 Å². The summed E-state index contributed by atoms with van der Waals surface area (Å²) < 4.78 is 7.27. The molecule has 2 heterocycles. The minimum atomic E-state index is -0.298. The predicted octanol–water partition coefficient (Wildman–Crippen LogP) is 5.50. The van der Waals surface area contributed by atoms with Gasteiger partial charge in [-0.15, -0.1) is 0 Å². The van der Waals surface area contributed by atoms with Gasteiger partial charge in [0.25, 0.3) is 0 Å². The van der Waals surface area contributed by atoms with Gasteiger partial charge in [0.05, 0.1) is 18.2 Å². The van der Waals surface area contributed by atoms with E-state index in [1.165, 1.54) is 28.8 Å². The monoisotopic (exact) mass is 414 g/mol. The summed E-state index contributed by atoms with van der Waals surface area (Å²) in [5.41, 5.74) is 5.65. The number of carbonyl (C=O) groups is 1. The van der Waals surface area contributed by atoms with Crippen LogP contribution in [0.5, 0.6) is 0 Å². The minimum absolute atomic E-state index is 0.298. The van der Waals surface area contributed by atoms with Crippen molar-refractivity contribution in [2.75, 3.05) is 7.11 Å².